The van der Waals surface area contributed by atoms with Crippen LogP contribution in [0.15, 0.2) is 43.0 Å². The number of hydrogen-bond acceptors (Lipinski definition) is 4. The topological polar surface area (TPSA) is 54.2 Å². The van der Waals surface area contributed by atoms with Crippen molar-refractivity contribution >= 4 is 0 Å². The zero-order valence-corrected chi connectivity index (χ0v) is 14.2. The average molecular weight is 380 g/mol. The summed E-state index contributed by atoms with van der Waals surface area (Å²) in [5, 5.41) is 15.5. The van der Waals surface area contributed by atoms with E-state index < -0.39 is 23.3 Å². The first-order chi connectivity index (χ1) is 11.9. The number of benzene rings is 1. The Morgan fingerprint density at radius 2 is 1.93 bits per heavy atom. The molecule has 0 bridgehead atoms. The molecule has 27 heavy (non-hydrogen) atoms. The van der Waals surface area contributed by atoms with E-state index in [9.17, 15) is 13.9 Å². The van der Waals surface area contributed by atoms with Crippen LogP contribution in [0.25, 0.3) is 0 Å². The van der Waals surface area contributed by atoms with Gasteiger partial charge in [0, 0.05) is 30.8 Å². The Morgan fingerprint density at radius 3 is 2.48 bits per heavy atom. The fourth-order valence-electron chi connectivity index (χ4n) is 3.37. The first-order valence-electron chi connectivity index (χ1n) is 8.31. The maximum absolute atomic E-state index is 14.5. The standard InChI is InChI=1S/C18H22F2N4O.2CH4/c1-13-5-7-23(8-6-13)14(2)18(25,10-24-12-21-11-22-24)16-4-3-15(19)9-17(16)20;;/h3-4,9,11-12,14,25H,1,5-8,10H2,2H3;2*1H4/t14-,18-;;/m1../s1. The van der Waals surface area contributed by atoms with Crippen LogP contribution in [0, 0.1) is 11.6 Å². The molecule has 1 aliphatic heterocycles. The van der Waals surface area contributed by atoms with E-state index in [4.69, 9.17) is 0 Å². The third kappa shape index (κ3) is 4.78. The van der Waals surface area contributed by atoms with Crippen LogP contribution in [0.4, 0.5) is 8.78 Å². The molecule has 5 nitrogen and oxygen atoms in total. The number of piperidine rings is 1. The molecule has 0 spiro atoms. The minimum absolute atomic E-state index is 0. The molecular weight excluding hydrogens is 350 g/mol. The number of rotatable bonds is 5. The summed E-state index contributed by atoms with van der Waals surface area (Å²) in [4.78, 5) is 5.99. The van der Waals surface area contributed by atoms with Crippen LogP contribution in [0.2, 0.25) is 0 Å². The highest BCUT2D eigenvalue weighted by Gasteiger charge is 2.42. The van der Waals surface area contributed by atoms with Crippen LogP contribution in [-0.4, -0.2) is 43.9 Å². The molecule has 150 valence electrons. The van der Waals surface area contributed by atoms with Crippen molar-refractivity contribution < 1.29 is 13.9 Å². The van der Waals surface area contributed by atoms with Crippen LogP contribution < -0.4 is 0 Å². The Hall–Kier alpha value is -2.12. The van der Waals surface area contributed by atoms with Gasteiger partial charge in [-0.15, -0.1) is 0 Å². The normalized spacial score (nSPS) is 18.1. The molecule has 1 aromatic heterocycles. The van der Waals surface area contributed by atoms with Crippen LogP contribution in [-0.2, 0) is 12.1 Å². The molecule has 1 fully saturated rings. The summed E-state index contributed by atoms with van der Waals surface area (Å²) in [6, 6.07) is 2.87. The Kier molecular flexibility index (Phi) is 7.80. The lowest BCUT2D eigenvalue weighted by Crippen LogP contribution is -2.53. The van der Waals surface area contributed by atoms with Gasteiger partial charge in [0.05, 0.1) is 6.54 Å². The molecule has 0 aliphatic carbocycles. The van der Waals surface area contributed by atoms with Gasteiger partial charge in [-0.25, -0.2) is 18.4 Å². The number of hydrogen-bond donors (Lipinski definition) is 1. The van der Waals surface area contributed by atoms with E-state index in [-0.39, 0.29) is 27.0 Å². The minimum atomic E-state index is -1.58. The van der Waals surface area contributed by atoms with Crippen molar-refractivity contribution in [2.24, 2.45) is 0 Å². The number of aliphatic hydroxyl groups is 1. The Labute approximate surface area is 160 Å². The van der Waals surface area contributed by atoms with Gasteiger partial charge < -0.3 is 5.11 Å². The van der Waals surface area contributed by atoms with Crippen molar-refractivity contribution in [3.8, 4) is 0 Å². The molecule has 0 amide bonds. The maximum Gasteiger partial charge on any atom is 0.137 e. The second kappa shape index (κ2) is 9.19. The quantitative estimate of drug-likeness (QED) is 0.803. The number of aromatic nitrogens is 3. The highest BCUT2D eigenvalue weighted by molar-refractivity contribution is 5.27. The second-order valence-corrected chi connectivity index (χ2v) is 6.60. The second-order valence-electron chi connectivity index (χ2n) is 6.60. The molecule has 0 radical (unpaired) electrons. The molecule has 7 heteroatoms. The first kappa shape index (κ1) is 22.9. The zero-order valence-electron chi connectivity index (χ0n) is 14.2. The van der Waals surface area contributed by atoms with Gasteiger partial charge in [-0.3, -0.25) is 4.90 Å². The monoisotopic (exact) mass is 380 g/mol. The highest BCUT2D eigenvalue weighted by Crippen LogP contribution is 2.34. The first-order valence-corrected chi connectivity index (χ1v) is 8.31. The van der Waals surface area contributed by atoms with Crippen molar-refractivity contribution in [1.82, 2.24) is 19.7 Å². The van der Waals surface area contributed by atoms with E-state index in [1.54, 1.807) is 0 Å². The summed E-state index contributed by atoms with van der Waals surface area (Å²) >= 11 is 0. The van der Waals surface area contributed by atoms with E-state index in [1.165, 1.54) is 29.0 Å². The predicted molar refractivity (Wildman–Crippen MR) is 103 cm³/mol. The summed E-state index contributed by atoms with van der Waals surface area (Å²) in [6.45, 7) is 7.35. The maximum atomic E-state index is 14.5. The van der Waals surface area contributed by atoms with E-state index in [1.807, 2.05) is 6.92 Å². The van der Waals surface area contributed by atoms with Gasteiger partial charge >= 0.3 is 0 Å². The summed E-state index contributed by atoms with van der Waals surface area (Å²) in [5.41, 5.74) is -0.345. The van der Waals surface area contributed by atoms with Gasteiger partial charge in [-0.1, -0.05) is 33.1 Å². The fraction of sp³-hybridized carbons (Fsp3) is 0.500. The third-order valence-corrected chi connectivity index (χ3v) is 5.01. The molecule has 1 N–H and O–H groups in total. The molecule has 2 heterocycles. The van der Waals surface area contributed by atoms with Gasteiger partial charge in [0.1, 0.15) is 29.9 Å². The molecule has 2 atom stereocenters. The highest BCUT2D eigenvalue weighted by atomic mass is 19.1. The van der Waals surface area contributed by atoms with Crippen LogP contribution in [0.1, 0.15) is 40.2 Å². The largest absolute Gasteiger partial charge is 0.381 e. The minimum Gasteiger partial charge on any atom is -0.381 e. The molecule has 3 rings (SSSR count). The SMILES string of the molecule is C.C.C=C1CCN([C@H](C)[C@](O)(Cn2cncn2)c2ccc(F)cc2F)CC1. The molecule has 2 aromatic rings. The van der Waals surface area contributed by atoms with Crippen LogP contribution in [0.5, 0.6) is 0 Å². The van der Waals surface area contributed by atoms with Gasteiger partial charge in [-0.05, 0) is 25.8 Å². The predicted octanol–water partition coefficient (Wildman–Crippen LogP) is 3.76. The molecule has 1 saturated heterocycles. The average Bonchev–Trinajstić information content (AvgIpc) is 3.07. The van der Waals surface area contributed by atoms with Crippen LogP contribution >= 0.6 is 0 Å². The smallest absolute Gasteiger partial charge is 0.137 e. The van der Waals surface area contributed by atoms with Gasteiger partial charge in [0.2, 0.25) is 0 Å². The van der Waals surface area contributed by atoms with Gasteiger partial charge in [0.25, 0.3) is 0 Å². The van der Waals surface area contributed by atoms with E-state index >= 15 is 0 Å². The Bertz CT molecular complexity index is 740. The number of nitrogens with zero attached hydrogens (tertiary/aromatic N) is 4. The van der Waals surface area contributed by atoms with E-state index in [2.05, 4.69) is 21.6 Å². The lowest BCUT2D eigenvalue weighted by Gasteiger charge is -2.43. The van der Waals surface area contributed by atoms with Crippen molar-refractivity contribution in [1.29, 1.82) is 0 Å². The van der Waals surface area contributed by atoms with Crippen molar-refractivity contribution in [3.05, 3.63) is 60.2 Å². The van der Waals surface area contributed by atoms with E-state index in [0.717, 1.165) is 38.1 Å². The van der Waals surface area contributed by atoms with Gasteiger partial charge in [-0.2, -0.15) is 5.10 Å². The van der Waals surface area contributed by atoms with Crippen molar-refractivity contribution in [2.75, 3.05) is 13.1 Å². The molecule has 1 aliphatic rings. The summed E-state index contributed by atoms with van der Waals surface area (Å²) in [6.07, 6.45) is 4.51. The lowest BCUT2D eigenvalue weighted by molar-refractivity contribution is -0.0657. The molecular formula is C20H30F2N4O. The van der Waals surface area contributed by atoms with Gasteiger partial charge in [0.15, 0.2) is 0 Å². The molecule has 1 aromatic carbocycles. The Balaban J connectivity index is 0.00000182. The summed E-state index contributed by atoms with van der Waals surface area (Å²) < 4.78 is 29.3. The van der Waals surface area contributed by atoms with Crippen LogP contribution in [0.3, 0.4) is 0 Å². The zero-order chi connectivity index (χ0) is 18.0. The van der Waals surface area contributed by atoms with Crippen molar-refractivity contribution in [2.45, 2.75) is 52.8 Å². The fourth-order valence-corrected chi connectivity index (χ4v) is 3.37. The molecule has 0 unspecified atom stereocenters. The lowest BCUT2D eigenvalue weighted by atomic mass is 9.84. The Morgan fingerprint density at radius 1 is 1.26 bits per heavy atom. The van der Waals surface area contributed by atoms with E-state index in [0.29, 0.717) is 0 Å². The van der Waals surface area contributed by atoms with Crippen molar-refractivity contribution in [3.63, 3.8) is 0 Å². The number of halogens is 2. The number of likely N-dealkylation sites (tertiary alicyclic amines) is 1. The molecule has 0 saturated carbocycles. The summed E-state index contributed by atoms with van der Waals surface area (Å²) in [5.74, 6) is -1.44. The summed E-state index contributed by atoms with van der Waals surface area (Å²) in [7, 11) is 0. The third-order valence-electron chi connectivity index (χ3n) is 5.01.